The van der Waals surface area contributed by atoms with Gasteiger partial charge in [0.1, 0.15) is 5.75 Å². The fraction of sp³-hybridized carbons (Fsp3) is 0.333. The normalized spacial score (nSPS) is 11.7. The molecular formula is C18H20ClF2NO3S. The van der Waals surface area contributed by atoms with Crippen molar-refractivity contribution in [3.05, 3.63) is 59.7 Å². The smallest absolute Gasteiger partial charge is 0.387 e. The van der Waals surface area contributed by atoms with E-state index in [0.29, 0.717) is 12.3 Å². The van der Waals surface area contributed by atoms with Crippen LogP contribution in [0.15, 0.2) is 53.4 Å². The maximum atomic E-state index is 12.3. The Balaban J connectivity index is 1.87. The number of nitrogens with one attached hydrogen (secondary N) is 1. The molecule has 0 amide bonds. The molecule has 2 aromatic carbocycles. The standard InChI is InChI=1S/C18H20ClF2NO3S/c19-12-1-2-14-5-9-17(10-6-14)26(23,24)22-13-11-15-3-7-16(8-4-15)25-18(20)21/h3-10,18,22H,1-2,11-13H2. The fourth-order valence-corrected chi connectivity index (χ4v) is 3.52. The molecule has 142 valence electrons. The van der Waals surface area contributed by atoms with E-state index < -0.39 is 16.6 Å². The molecule has 0 radical (unpaired) electrons. The summed E-state index contributed by atoms with van der Waals surface area (Å²) in [4.78, 5) is 0.202. The van der Waals surface area contributed by atoms with Crippen LogP contribution in [0.2, 0.25) is 0 Å². The van der Waals surface area contributed by atoms with E-state index >= 15 is 0 Å². The number of alkyl halides is 3. The van der Waals surface area contributed by atoms with Crippen LogP contribution in [0.25, 0.3) is 0 Å². The highest BCUT2D eigenvalue weighted by Crippen LogP contribution is 2.16. The van der Waals surface area contributed by atoms with Gasteiger partial charge in [0, 0.05) is 12.4 Å². The van der Waals surface area contributed by atoms with Crippen molar-refractivity contribution in [3.8, 4) is 5.75 Å². The van der Waals surface area contributed by atoms with Crippen LogP contribution >= 0.6 is 11.6 Å². The SMILES string of the molecule is O=S(=O)(NCCc1ccc(OC(F)F)cc1)c1ccc(CCCCl)cc1. The van der Waals surface area contributed by atoms with Crippen molar-refractivity contribution in [2.75, 3.05) is 12.4 Å². The van der Waals surface area contributed by atoms with E-state index in [0.717, 1.165) is 24.0 Å². The fourth-order valence-electron chi connectivity index (χ4n) is 2.36. The van der Waals surface area contributed by atoms with Crippen LogP contribution in [-0.4, -0.2) is 27.5 Å². The average Bonchev–Trinajstić information content (AvgIpc) is 2.61. The second-order valence-corrected chi connectivity index (χ2v) is 7.75. The van der Waals surface area contributed by atoms with Gasteiger partial charge in [-0.2, -0.15) is 8.78 Å². The van der Waals surface area contributed by atoms with E-state index in [1.165, 1.54) is 12.1 Å². The summed E-state index contributed by atoms with van der Waals surface area (Å²) in [5.41, 5.74) is 1.85. The van der Waals surface area contributed by atoms with Gasteiger partial charge in [0.2, 0.25) is 10.0 Å². The summed E-state index contributed by atoms with van der Waals surface area (Å²) < 4.78 is 55.6. The van der Waals surface area contributed by atoms with Crippen LogP contribution in [0.3, 0.4) is 0 Å². The van der Waals surface area contributed by atoms with Crippen LogP contribution < -0.4 is 9.46 Å². The molecule has 26 heavy (non-hydrogen) atoms. The quantitative estimate of drug-likeness (QED) is 0.610. The molecule has 2 rings (SSSR count). The molecule has 0 unspecified atom stereocenters. The van der Waals surface area contributed by atoms with Gasteiger partial charge in [0.15, 0.2) is 0 Å². The van der Waals surface area contributed by atoms with Crippen LogP contribution in [0.4, 0.5) is 8.78 Å². The van der Waals surface area contributed by atoms with Crippen molar-refractivity contribution in [1.29, 1.82) is 0 Å². The lowest BCUT2D eigenvalue weighted by atomic mass is 10.1. The largest absolute Gasteiger partial charge is 0.435 e. The summed E-state index contributed by atoms with van der Waals surface area (Å²) in [7, 11) is -3.59. The first-order valence-corrected chi connectivity index (χ1v) is 10.1. The number of hydrogen-bond donors (Lipinski definition) is 1. The molecule has 0 aliphatic rings. The minimum atomic E-state index is -3.59. The molecule has 0 atom stereocenters. The monoisotopic (exact) mass is 403 g/mol. The molecule has 0 saturated heterocycles. The zero-order valence-corrected chi connectivity index (χ0v) is 15.6. The number of sulfonamides is 1. The number of rotatable bonds is 10. The van der Waals surface area contributed by atoms with E-state index in [9.17, 15) is 17.2 Å². The van der Waals surface area contributed by atoms with Crippen molar-refractivity contribution in [3.63, 3.8) is 0 Å². The van der Waals surface area contributed by atoms with Gasteiger partial charge in [-0.05, 0) is 54.7 Å². The topological polar surface area (TPSA) is 55.4 Å². The minimum absolute atomic E-state index is 0.0681. The third kappa shape index (κ3) is 6.55. The molecule has 0 aromatic heterocycles. The molecule has 0 heterocycles. The van der Waals surface area contributed by atoms with Crippen molar-refractivity contribution in [1.82, 2.24) is 4.72 Å². The van der Waals surface area contributed by atoms with Crippen molar-refractivity contribution in [2.45, 2.75) is 30.8 Å². The summed E-state index contributed by atoms with van der Waals surface area (Å²) in [6.07, 6.45) is 2.08. The molecule has 0 aliphatic heterocycles. The highest BCUT2D eigenvalue weighted by Gasteiger charge is 2.13. The molecule has 0 fully saturated rings. The Morgan fingerprint density at radius 2 is 1.54 bits per heavy atom. The summed E-state index contributed by atoms with van der Waals surface area (Å²) >= 11 is 5.65. The first kappa shape index (κ1) is 20.6. The van der Waals surface area contributed by atoms with Crippen LogP contribution in [-0.2, 0) is 22.9 Å². The molecule has 0 aliphatic carbocycles. The zero-order chi connectivity index (χ0) is 19.0. The first-order chi connectivity index (χ1) is 12.4. The molecular weight excluding hydrogens is 384 g/mol. The van der Waals surface area contributed by atoms with E-state index in [2.05, 4.69) is 9.46 Å². The van der Waals surface area contributed by atoms with Crippen LogP contribution in [0.5, 0.6) is 5.75 Å². The predicted octanol–water partition coefficient (Wildman–Crippen LogP) is 3.98. The molecule has 0 saturated carbocycles. The lowest BCUT2D eigenvalue weighted by Crippen LogP contribution is -2.26. The molecule has 0 bridgehead atoms. The second-order valence-electron chi connectivity index (χ2n) is 5.61. The molecule has 1 N–H and O–H groups in total. The summed E-state index contributed by atoms with van der Waals surface area (Å²) in [6.45, 7) is -2.67. The molecule has 2 aromatic rings. The Kier molecular flexibility index (Phi) is 7.81. The van der Waals surface area contributed by atoms with Crippen molar-refractivity contribution in [2.24, 2.45) is 0 Å². The van der Waals surface area contributed by atoms with Gasteiger partial charge >= 0.3 is 6.61 Å². The maximum absolute atomic E-state index is 12.3. The van der Waals surface area contributed by atoms with Gasteiger partial charge in [0.05, 0.1) is 4.90 Å². The van der Waals surface area contributed by atoms with Crippen LogP contribution in [0, 0.1) is 0 Å². The summed E-state index contributed by atoms with van der Waals surface area (Å²) in [5, 5.41) is 0. The zero-order valence-electron chi connectivity index (χ0n) is 14.0. The average molecular weight is 404 g/mol. The number of ether oxygens (including phenoxy) is 1. The van der Waals surface area contributed by atoms with Gasteiger partial charge in [0.25, 0.3) is 0 Å². The molecule has 8 heteroatoms. The van der Waals surface area contributed by atoms with E-state index in [-0.39, 0.29) is 17.2 Å². The third-order valence-corrected chi connectivity index (χ3v) is 5.43. The lowest BCUT2D eigenvalue weighted by molar-refractivity contribution is -0.0498. The van der Waals surface area contributed by atoms with Gasteiger partial charge in [-0.25, -0.2) is 13.1 Å². The molecule has 4 nitrogen and oxygen atoms in total. The maximum Gasteiger partial charge on any atom is 0.387 e. The Morgan fingerprint density at radius 3 is 2.12 bits per heavy atom. The molecule has 0 spiro atoms. The van der Waals surface area contributed by atoms with E-state index in [1.54, 1.807) is 36.4 Å². The van der Waals surface area contributed by atoms with Gasteiger partial charge in [-0.1, -0.05) is 24.3 Å². The number of hydrogen-bond acceptors (Lipinski definition) is 3. The van der Waals surface area contributed by atoms with Crippen LogP contribution in [0.1, 0.15) is 17.5 Å². The highest BCUT2D eigenvalue weighted by atomic mass is 35.5. The minimum Gasteiger partial charge on any atom is -0.435 e. The van der Waals surface area contributed by atoms with E-state index in [1.807, 2.05) is 0 Å². The first-order valence-electron chi connectivity index (χ1n) is 8.09. The van der Waals surface area contributed by atoms with Crippen molar-refractivity contribution < 1.29 is 21.9 Å². The Labute approximate surface area is 157 Å². The summed E-state index contributed by atoms with van der Waals surface area (Å²) in [5.74, 6) is 0.634. The predicted molar refractivity (Wildman–Crippen MR) is 97.4 cm³/mol. The van der Waals surface area contributed by atoms with Gasteiger partial charge in [-0.15, -0.1) is 11.6 Å². The number of halogens is 3. The summed E-state index contributed by atoms with van der Waals surface area (Å²) in [6, 6.07) is 12.8. The van der Waals surface area contributed by atoms with E-state index in [4.69, 9.17) is 11.6 Å². The Bertz CT molecular complexity index is 781. The highest BCUT2D eigenvalue weighted by molar-refractivity contribution is 7.89. The Morgan fingerprint density at radius 1 is 0.962 bits per heavy atom. The number of aryl methyl sites for hydroxylation is 1. The second kappa shape index (κ2) is 9.85. The third-order valence-electron chi connectivity index (χ3n) is 3.69. The lowest BCUT2D eigenvalue weighted by Gasteiger charge is -2.09. The van der Waals surface area contributed by atoms with Gasteiger partial charge in [-0.3, -0.25) is 0 Å². The van der Waals surface area contributed by atoms with Gasteiger partial charge < -0.3 is 4.74 Å². The number of benzene rings is 2. The van der Waals surface area contributed by atoms with Crippen molar-refractivity contribution >= 4 is 21.6 Å². The Hall–Kier alpha value is -1.70.